The Bertz CT molecular complexity index is 6.85. The molecule has 0 unspecified atom stereocenters. The first-order chi connectivity index (χ1) is 0. The van der Waals surface area contributed by atoms with Crippen molar-refractivity contribution in [1.82, 2.24) is 0 Å². The highest BCUT2D eigenvalue weighted by molar-refractivity contribution is 2.51. The summed E-state index contributed by atoms with van der Waals surface area (Å²) in [7, 11) is 0. The minimum Gasteiger partial charge on any atom is -0.269 e. The Hall–Kier alpha value is -0.0700. The lowest BCUT2D eigenvalue weighted by atomic mass is 12.0. The summed E-state index contributed by atoms with van der Waals surface area (Å²) in [4.78, 5) is 0. The van der Waals surface area contributed by atoms with Gasteiger partial charge >= 0.3 is 0 Å². The zero-order valence-electron chi connectivity index (χ0n) is 0.408. The molecule has 0 amide bonds. The minimum atomic E-state index is 0. The molecule has 0 spiro atoms. The van der Waals surface area contributed by atoms with E-state index in [0.717, 1.165) is 0 Å². The van der Waals surface area contributed by atoms with E-state index < -0.39 is 0 Å². The van der Waals surface area contributed by atoms with E-state index in [4.69, 9.17) is 0 Å². The van der Waals surface area contributed by atoms with Crippen LogP contribution < -0.4 is 0 Å². The molecule has 0 nitrogen and oxygen atoms in total. The van der Waals surface area contributed by atoms with Gasteiger partial charge in [-0.1, -0.05) is 22.3 Å². The van der Waals surface area contributed by atoms with Gasteiger partial charge in [0.25, 0.3) is 0 Å². The Morgan fingerprint density at radius 1 is 0.750 bits per heavy atom. The molecule has 0 aromatic heterocycles. The minimum absolute atomic E-state index is 0. The quantitative estimate of drug-likeness (QED) is 0.411. The van der Waals surface area contributed by atoms with Gasteiger partial charge in [0, 0.05) is 1.43 Å². The van der Waals surface area contributed by atoms with Crippen LogP contribution in [-0.4, -0.2) is 0 Å². The molecule has 0 atom stereocenters. The molecule has 0 aliphatic carbocycles. The van der Waals surface area contributed by atoms with Gasteiger partial charge in [-0.2, -0.15) is 0 Å². The van der Waals surface area contributed by atoms with Crippen LogP contribution in [0.4, 0.5) is 4.70 Å². The van der Waals surface area contributed by atoms with Crippen molar-refractivity contribution >= 4 is 0 Å². The molecule has 0 aromatic rings. The van der Waals surface area contributed by atoms with Crippen molar-refractivity contribution in [3.05, 3.63) is 0 Å². The van der Waals surface area contributed by atoms with Crippen molar-refractivity contribution in [3.8, 4) is 0 Å². The summed E-state index contributed by atoms with van der Waals surface area (Å²) in [6, 6.07) is 0. The largest absolute Gasteiger partial charge is 0.269 e. The third kappa shape index (κ3) is 341. The first kappa shape index (κ1) is 6890. The van der Waals surface area contributed by atoms with E-state index in [9.17, 15) is 0 Å². The van der Waals surface area contributed by atoms with Crippen molar-refractivity contribution in [3.63, 3.8) is 0 Å². The van der Waals surface area contributed by atoms with Gasteiger partial charge in [0.1, 0.15) is 0 Å². The maximum Gasteiger partial charge on any atom is 0 e. The lowest BCUT2D eigenvalue weighted by molar-refractivity contribution is 1.11. The fourth-order valence-corrected chi connectivity index (χ4v) is 0. The summed E-state index contributed by atoms with van der Waals surface area (Å²) in [6.45, 7) is 0. The van der Waals surface area contributed by atoms with Gasteiger partial charge in [-0.15, -0.1) is 0 Å². The number of rotatable bonds is 0. The lowest BCUT2D eigenvalue weighted by Crippen LogP contribution is 0.143. The molecule has 34 valence electrons. The highest BCUT2D eigenvalue weighted by Gasteiger charge is -0.0755. The second-order valence-corrected chi connectivity index (χ2v) is 0. The Kier molecular flexibility index (Phi) is 3830000. The summed E-state index contributed by atoms with van der Waals surface area (Å²) in [5.41, 5.74) is 0. The van der Waals surface area contributed by atoms with E-state index in [0.29, 0.717) is 0 Å². The monoisotopic (exact) mass is 71.1 g/mol. The SMILES string of the molecule is C.C.C.F.[2HH]. The molecule has 0 saturated carbocycles. The average Bonchev–Trinajstić information content (AvgIpc) is 0. The average molecular weight is 71.2 g/mol. The second-order valence-electron chi connectivity index (χ2n) is 0. The zero-order chi connectivity index (χ0) is 0. The Balaban J connectivity index is 0. The molecule has 0 bridgehead atoms. The van der Waals surface area contributed by atoms with Gasteiger partial charge < -0.3 is 0 Å². The Labute approximate surface area is 29.7 Å². The predicted octanol–water partition coefficient (Wildman–Crippen LogP) is 2.31. The van der Waals surface area contributed by atoms with Crippen LogP contribution in [0.15, 0.2) is 0 Å². The van der Waals surface area contributed by atoms with Crippen molar-refractivity contribution in [2.24, 2.45) is 0 Å². The van der Waals surface area contributed by atoms with Gasteiger partial charge in [0.15, 0.2) is 0 Å². The number of hydrogen-bond acceptors (Lipinski definition) is 0. The molecular formula is C3H15F. The topological polar surface area (TPSA) is 0 Å². The summed E-state index contributed by atoms with van der Waals surface area (Å²) in [5.74, 6) is 0. The molecule has 0 heterocycles. The van der Waals surface area contributed by atoms with Crippen LogP contribution in [0, 0.1) is 0 Å². The first-order valence-electron chi connectivity index (χ1n) is 0. The molecule has 1 heteroatoms. The van der Waals surface area contributed by atoms with Crippen LogP contribution in [0.1, 0.15) is 23.7 Å². The van der Waals surface area contributed by atoms with Crippen LogP contribution in [0.3, 0.4) is 0 Å². The summed E-state index contributed by atoms with van der Waals surface area (Å²) in [6.07, 6.45) is 0. The highest BCUT2D eigenvalue weighted by atomic mass is 19.0. The van der Waals surface area contributed by atoms with Crippen molar-refractivity contribution in [2.75, 3.05) is 0 Å². The number of halogens is 1. The Morgan fingerprint density at radius 2 is 0.750 bits per heavy atom. The van der Waals surface area contributed by atoms with Gasteiger partial charge in [-0.25, -0.2) is 0 Å². The molecule has 0 N–H and O–H groups in total. The smallest absolute Gasteiger partial charge is 0 e. The van der Waals surface area contributed by atoms with E-state index in [1.165, 1.54) is 0 Å². The molecule has 0 fully saturated rings. The molecule has 0 saturated heterocycles. The van der Waals surface area contributed by atoms with E-state index in [2.05, 4.69) is 0 Å². The third-order valence-electron chi connectivity index (χ3n) is 0. The van der Waals surface area contributed by atoms with Gasteiger partial charge in [0.05, 0.1) is 0 Å². The number of hydrogen-bond donors (Lipinski definition) is 0. The van der Waals surface area contributed by atoms with E-state index in [1.807, 2.05) is 0 Å². The first-order valence-corrected chi connectivity index (χ1v) is 0. The molecule has 4 heavy (non-hydrogen) atoms. The maximum atomic E-state index is 0. The van der Waals surface area contributed by atoms with Crippen LogP contribution in [0.5, 0.6) is 0 Å². The molecule has 0 aliphatic rings. The second kappa shape index (κ2) is 2230. The summed E-state index contributed by atoms with van der Waals surface area (Å²) in [5, 5.41) is 0. The highest BCUT2D eigenvalue weighted by Crippen LogP contribution is 0.420. The van der Waals surface area contributed by atoms with E-state index in [1.54, 1.807) is 0 Å². The maximum absolute atomic E-state index is 0. The molecule has 0 aliphatic heterocycles. The van der Waals surface area contributed by atoms with E-state index in [-0.39, 0.29) is 28.4 Å². The summed E-state index contributed by atoms with van der Waals surface area (Å²) < 4.78 is 0. The standard InChI is InChI=1S/3CH4.FH.H2/h3*1H4;2*1H/i;;;;1+1. The Morgan fingerprint density at radius 3 is 0.750 bits per heavy atom. The zero-order valence-corrected chi connectivity index (χ0v) is 0.408. The third-order valence-corrected chi connectivity index (χ3v) is 0. The molecular weight excluding hydrogens is 55.0 g/mol. The van der Waals surface area contributed by atoms with Crippen molar-refractivity contribution < 1.29 is 6.13 Å². The van der Waals surface area contributed by atoms with Gasteiger partial charge in [-0.3, -0.25) is 4.70 Å². The van der Waals surface area contributed by atoms with Gasteiger partial charge in [-0.05, 0) is 0 Å². The molecule has 0 aromatic carbocycles. The van der Waals surface area contributed by atoms with Crippen LogP contribution >= 0.6 is 0 Å². The fourth-order valence-electron chi connectivity index (χ4n) is 0. The summed E-state index contributed by atoms with van der Waals surface area (Å²) >= 11 is 0. The van der Waals surface area contributed by atoms with Crippen LogP contribution in [0.2, 0.25) is 0 Å². The lowest BCUT2D eigenvalue weighted by Gasteiger charge is -0.269. The van der Waals surface area contributed by atoms with E-state index >= 15 is 0 Å². The fraction of sp³-hybridized carbons (Fsp3) is 1.00. The predicted molar refractivity (Wildman–Crippen MR) is 24.8 cm³/mol. The van der Waals surface area contributed by atoms with Gasteiger partial charge in [0.2, 0.25) is 0 Å². The van der Waals surface area contributed by atoms with Crippen LogP contribution in [0.25, 0.3) is 0 Å². The normalized spacial score (nSPS) is 0. The van der Waals surface area contributed by atoms with Crippen molar-refractivity contribution in [1.29, 1.82) is 0 Å². The van der Waals surface area contributed by atoms with Crippen LogP contribution in [-0.2, 0) is 0 Å². The molecule has 0 radical (unpaired) electrons. The molecule has 0 rings (SSSR count). The van der Waals surface area contributed by atoms with Crippen molar-refractivity contribution in [2.45, 2.75) is 22.3 Å².